The van der Waals surface area contributed by atoms with Gasteiger partial charge in [0.2, 0.25) is 5.95 Å². The van der Waals surface area contributed by atoms with Gasteiger partial charge in [0.25, 0.3) is 5.56 Å². The molecule has 0 radical (unpaired) electrons. The second-order valence-corrected chi connectivity index (χ2v) is 11.5. The summed E-state index contributed by atoms with van der Waals surface area (Å²) in [6.07, 6.45) is -3.77. The van der Waals surface area contributed by atoms with Gasteiger partial charge in [-0.15, -0.1) is 5.92 Å². The van der Waals surface area contributed by atoms with Gasteiger partial charge in [0.15, 0.2) is 23.2 Å². The second-order valence-electron chi connectivity index (χ2n) is 9.85. The molecule has 2 aromatic heterocycles. The molecule has 5 unspecified atom stereocenters. The molecule has 7 N–H and O–H groups in total. The number of rotatable bonds is 10. The van der Waals surface area contributed by atoms with E-state index in [0.717, 1.165) is 10.8 Å². The number of H-pyrrole nitrogens is 1. The highest BCUT2D eigenvalue weighted by atomic mass is 31.2. The van der Waals surface area contributed by atoms with Crippen LogP contribution in [0.4, 0.5) is 10.3 Å². The number of nitrogens with one attached hydrogen (secondary N) is 2. The number of fused-ring (bicyclic) bond motifs is 1. The number of esters is 1. The summed E-state index contributed by atoms with van der Waals surface area (Å²) in [6.45, 7) is 5.63. The topological polar surface area (TPSA) is 206 Å². The Labute approximate surface area is 240 Å². The molecule has 226 valence electrons. The Morgan fingerprint density at radius 3 is 2.69 bits per heavy atom. The second kappa shape index (κ2) is 12.2. The SMILES string of the molecule is CC#C[C@@]1(N)C(O)C(COP(=O)(NC(C)C(=O)OC(C)C)Oc2ccccc2)OC1n1cc(F)c2c(=O)[nH]c(N)nc21. The van der Waals surface area contributed by atoms with Crippen molar-refractivity contribution < 1.29 is 37.4 Å². The van der Waals surface area contributed by atoms with Crippen LogP contribution in [-0.4, -0.2) is 62.1 Å². The zero-order valence-electron chi connectivity index (χ0n) is 23.2. The number of nitrogen functional groups attached to an aromatic ring is 1. The third-order valence-corrected chi connectivity index (χ3v) is 7.88. The van der Waals surface area contributed by atoms with Crippen LogP contribution < -0.4 is 26.6 Å². The van der Waals surface area contributed by atoms with Gasteiger partial charge in [-0.05, 0) is 39.8 Å². The Morgan fingerprint density at radius 2 is 2.05 bits per heavy atom. The van der Waals surface area contributed by atoms with Gasteiger partial charge in [0.05, 0.1) is 12.7 Å². The molecule has 42 heavy (non-hydrogen) atoms. The minimum absolute atomic E-state index is 0.164. The van der Waals surface area contributed by atoms with E-state index >= 15 is 0 Å². The number of aromatic nitrogens is 3. The molecule has 1 fully saturated rings. The number of nitrogens with zero attached hydrogens (tertiary/aromatic N) is 2. The third kappa shape index (κ3) is 6.34. The van der Waals surface area contributed by atoms with Gasteiger partial charge in [-0.25, -0.2) is 8.96 Å². The molecular weight excluding hydrogens is 574 g/mol. The van der Waals surface area contributed by atoms with Gasteiger partial charge in [0.1, 0.15) is 29.4 Å². The maximum atomic E-state index is 14.8. The molecule has 0 aliphatic carbocycles. The predicted octanol–water partition coefficient (Wildman–Crippen LogP) is 1.56. The van der Waals surface area contributed by atoms with Crippen molar-refractivity contribution in [1.29, 1.82) is 0 Å². The first kappa shape index (κ1) is 31.2. The zero-order chi connectivity index (χ0) is 30.8. The monoisotopic (exact) mass is 606 g/mol. The molecule has 1 aromatic carbocycles. The number of carbonyl (C=O) groups excluding carboxylic acids is 1. The number of carbonyl (C=O) groups is 1. The van der Waals surface area contributed by atoms with Crippen LogP contribution in [0.5, 0.6) is 5.75 Å². The number of nitrogens with two attached hydrogens (primary N) is 2. The molecule has 0 bridgehead atoms. The first-order valence-corrected chi connectivity index (χ1v) is 14.4. The Bertz CT molecular complexity index is 1620. The fraction of sp³-hybridized carbons (Fsp3) is 0.423. The van der Waals surface area contributed by atoms with Gasteiger partial charge in [-0.2, -0.15) is 10.1 Å². The number of halogens is 1. The van der Waals surface area contributed by atoms with Gasteiger partial charge >= 0.3 is 13.7 Å². The molecule has 1 aliphatic heterocycles. The highest BCUT2D eigenvalue weighted by Crippen LogP contribution is 2.47. The van der Waals surface area contributed by atoms with E-state index in [9.17, 15) is 23.7 Å². The average molecular weight is 607 g/mol. The van der Waals surface area contributed by atoms with Gasteiger partial charge in [0, 0.05) is 6.20 Å². The highest BCUT2D eigenvalue weighted by molar-refractivity contribution is 7.52. The van der Waals surface area contributed by atoms with Crippen molar-refractivity contribution in [3.05, 3.63) is 52.7 Å². The van der Waals surface area contributed by atoms with Crippen LogP contribution in [0.25, 0.3) is 11.0 Å². The molecule has 1 saturated heterocycles. The maximum absolute atomic E-state index is 14.8. The van der Waals surface area contributed by atoms with E-state index in [1.54, 1.807) is 32.0 Å². The van der Waals surface area contributed by atoms with Crippen LogP contribution in [-0.2, 0) is 23.4 Å². The first-order chi connectivity index (χ1) is 19.8. The van der Waals surface area contributed by atoms with Crippen LogP contribution in [0, 0.1) is 17.7 Å². The molecule has 4 rings (SSSR count). The van der Waals surface area contributed by atoms with Gasteiger partial charge < -0.3 is 30.6 Å². The molecule has 6 atom stereocenters. The van der Waals surface area contributed by atoms with E-state index in [1.807, 2.05) is 0 Å². The fourth-order valence-corrected chi connectivity index (χ4v) is 5.90. The van der Waals surface area contributed by atoms with Crippen molar-refractivity contribution in [2.45, 2.75) is 63.8 Å². The summed E-state index contributed by atoms with van der Waals surface area (Å²) >= 11 is 0. The van der Waals surface area contributed by atoms with Crippen LogP contribution in [0.15, 0.2) is 41.3 Å². The summed E-state index contributed by atoms with van der Waals surface area (Å²) in [5.74, 6) is 3.54. The Balaban J connectivity index is 1.64. The number of aromatic amines is 1. The summed E-state index contributed by atoms with van der Waals surface area (Å²) in [7, 11) is -4.33. The third-order valence-electron chi connectivity index (χ3n) is 6.24. The summed E-state index contributed by atoms with van der Waals surface area (Å²) in [4.78, 5) is 31.0. The summed E-state index contributed by atoms with van der Waals surface area (Å²) in [6, 6.07) is 6.94. The maximum Gasteiger partial charge on any atom is 0.459 e. The molecule has 0 amide bonds. The molecule has 0 saturated carbocycles. The number of anilines is 1. The lowest BCUT2D eigenvalue weighted by Crippen LogP contribution is -2.53. The summed E-state index contributed by atoms with van der Waals surface area (Å²) in [5.41, 5.74) is 9.30. The summed E-state index contributed by atoms with van der Waals surface area (Å²) < 4.78 is 52.2. The van der Waals surface area contributed by atoms with Crippen LogP contribution in [0.3, 0.4) is 0 Å². The minimum atomic E-state index is -4.33. The zero-order valence-corrected chi connectivity index (χ0v) is 24.1. The lowest BCUT2D eigenvalue weighted by Gasteiger charge is -2.28. The van der Waals surface area contributed by atoms with Gasteiger partial charge in [-0.1, -0.05) is 24.1 Å². The average Bonchev–Trinajstić information content (AvgIpc) is 3.36. The van der Waals surface area contributed by atoms with E-state index in [2.05, 4.69) is 26.9 Å². The lowest BCUT2D eigenvalue weighted by atomic mass is 9.91. The number of hydrogen-bond donors (Lipinski definition) is 5. The van der Waals surface area contributed by atoms with Crippen LogP contribution in [0.1, 0.15) is 33.9 Å². The summed E-state index contributed by atoms with van der Waals surface area (Å²) in [5, 5.41) is 13.4. The Kier molecular flexibility index (Phi) is 9.07. The van der Waals surface area contributed by atoms with Crippen molar-refractivity contribution in [1.82, 2.24) is 19.6 Å². The van der Waals surface area contributed by atoms with E-state index < -0.39 is 73.2 Å². The molecule has 3 heterocycles. The predicted molar refractivity (Wildman–Crippen MR) is 149 cm³/mol. The van der Waals surface area contributed by atoms with E-state index in [0.29, 0.717) is 0 Å². The van der Waals surface area contributed by atoms with Crippen molar-refractivity contribution in [2.24, 2.45) is 5.73 Å². The fourth-order valence-electron chi connectivity index (χ4n) is 4.40. The van der Waals surface area contributed by atoms with Gasteiger partial charge in [-0.3, -0.25) is 23.7 Å². The van der Waals surface area contributed by atoms with Crippen molar-refractivity contribution in [3.8, 4) is 17.6 Å². The van der Waals surface area contributed by atoms with Crippen molar-refractivity contribution >= 4 is 30.7 Å². The van der Waals surface area contributed by atoms with E-state index in [-0.39, 0.29) is 17.3 Å². The molecule has 14 nitrogen and oxygen atoms in total. The normalized spacial score (nSPS) is 24.1. The smallest absolute Gasteiger partial charge is 0.459 e. The number of benzene rings is 1. The number of para-hydroxylation sites is 1. The molecule has 16 heteroatoms. The lowest BCUT2D eigenvalue weighted by molar-refractivity contribution is -0.149. The first-order valence-electron chi connectivity index (χ1n) is 12.9. The number of hydrogen-bond acceptors (Lipinski definition) is 11. The number of aliphatic hydroxyl groups excluding tert-OH is 1. The highest BCUT2D eigenvalue weighted by Gasteiger charge is 2.55. The Hall–Kier alpha value is -3.77. The van der Waals surface area contributed by atoms with Crippen molar-refractivity contribution in [2.75, 3.05) is 12.3 Å². The van der Waals surface area contributed by atoms with E-state index in [4.69, 9.17) is 30.0 Å². The minimum Gasteiger partial charge on any atom is -0.462 e. The standard InChI is InChI=1S/C26H32FN6O8P/c1-5-11-26(29)20(34)18(40-24(26)33-12-17(27)19-21(33)30-25(28)31-22(19)35)13-38-42(37,41-16-9-7-6-8-10-16)32-15(4)23(36)39-14(2)3/h6-10,12,14-15,18,20,24,34H,13,29H2,1-4H3,(H,32,37)(H3,28,30,31,35)/t15?,18?,20?,24?,26-,42?/m1/s1. The molecule has 3 aromatic rings. The van der Waals surface area contributed by atoms with Crippen LogP contribution in [0.2, 0.25) is 0 Å². The Morgan fingerprint density at radius 1 is 1.36 bits per heavy atom. The number of ether oxygens (including phenoxy) is 2. The molecule has 1 aliphatic rings. The number of aliphatic hydroxyl groups is 1. The largest absolute Gasteiger partial charge is 0.462 e. The van der Waals surface area contributed by atoms with E-state index in [1.165, 1.54) is 26.0 Å². The molecular formula is C26H32FN6O8P. The quantitative estimate of drug-likeness (QED) is 0.127. The molecule has 0 spiro atoms. The van der Waals surface area contributed by atoms with Crippen LogP contribution >= 0.6 is 7.75 Å². The van der Waals surface area contributed by atoms with Crippen molar-refractivity contribution in [3.63, 3.8) is 0 Å².